The molecule has 4 nitrogen and oxygen atoms in total. The Hall–Kier alpha value is -2.48. The summed E-state index contributed by atoms with van der Waals surface area (Å²) in [6, 6.07) is 10.8. The molecule has 138 valence electrons. The van der Waals surface area contributed by atoms with Gasteiger partial charge in [0.2, 0.25) is 0 Å². The molecule has 9 heteroatoms. The quantitative estimate of drug-likeness (QED) is 0.530. The fraction of sp³-hybridized carbons (Fsp3) is 0. The number of nitrogens with one attached hydrogen (secondary N) is 2. The van der Waals surface area contributed by atoms with Crippen molar-refractivity contribution in [2.24, 2.45) is 0 Å². The first-order valence-electron chi connectivity index (χ1n) is 7.46. The van der Waals surface area contributed by atoms with Gasteiger partial charge in [0, 0.05) is 16.7 Å². The molecule has 0 aliphatic heterocycles. The Kier molecular flexibility index (Phi) is 5.74. The molecule has 1 amide bonds. The third-order valence-electron chi connectivity index (χ3n) is 3.43. The Morgan fingerprint density at radius 1 is 1.04 bits per heavy atom. The summed E-state index contributed by atoms with van der Waals surface area (Å²) in [5.41, 5.74) is 0.490. The van der Waals surface area contributed by atoms with Crippen molar-refractivity contribution in [2.75, 3.05) is 5.32 Å². The summed E-state index contributed by atoms with van der Waals surface area (Å²) in [6.45, 7) is 0. The van der Waals surface area contributed by atoms with E-state index in [1.54, 1.807) is 24.3 Å². The highest BCUT2D eigenvalue weighted by Crippen LogP contribution is 2.31. The van der Waals surface area contributed by atoms with Crippen LogP contribution in [0.2, 0.25) is 10.0 Å². The molecule has 27 heavy (non-hydrogen) atoms. The molecule has 0 bridgehead atoms. The summed E-state index contributed by atoms with van der Waals surface area (Å²) < 4.78 is 32.0. The molecule has 0 aliphatic rings. The van der Waals surface area contributed by atoms with Crippen molar-refractivity contribution in [1.82, 2.24) is 5.32 Å². The van der Waals surface area contributed by atoms with Crippen LogP contribution in [-0.2, 0) is 0 Å². The Labute approximate surface area is 168 Å². The molecule has 0 unspecified atom stereocenters. The van der Waals surface area contributed by atoms with E-state index in [1.807, 2.05) is 0 Å². The second-order valence-corrected chi connectivity index (χ2v) is 6.57. The lowest BCUT2D eigenvalue weighted by Gasteiger charge is -2.09. The van der Waals surface area contributed by atoms with Crippen LogP contribution in [0.3, 0.4) is 0 Å². The SMILES string of the molecule is O=C(NC(=S)Nc1ccc(F)cc1F)c1ccc(-c2ccc(Cl)cc2Cl)o1. The molecular weight excluding hydrogens is 417 g/mol. The average molecular weight is 427 g/mol. The van der Waals surface area contributed by atoms with Gasteiger partial charge < -0.3 is 9.73 Å². The molecule has 2 N–H and O–H groups in total. The van der Waals surface area contributed by atoms with Crippen LogP contribution >= 0.6 is 35.4 Å². The predicted molar refractivity (Wildman–Crippen MR) is 104 cm³/mol. The standard InChI is InChI=1S/C18H10Cl2F2N2O2S/c19-9-1-3-11(12(20)7-9)15-5-6-16(26-15)17(25)24-18(27)23-14-4-2-10(21)8-13(14)22/h1-8H,(H2,23,24,25,27). The highest BCUT2D eigenvalue weighted by atomic mass is 35.5. The van der Waals surface area contributed by atoms with Crippen LogP contribution in [0.1, 0.15) is 10.6 Å². The van der Waals surface area contributed by atoms with Gasteiger partial charge >= 0.3 is 0 Å². The van der Waals surface area contributed by atoms with Gasteiger partial charge in [-0.1, -0.05) is 23.2 Å². The van der Waals surface area contributed by atoms with E-state index in [2.05, 4.69) is 10.6 Å². The summed E-state index contributed by atoms with van der Waals surface area (Å²) in [7, 11) is 0. The van der Waals surface area contributed by atoms with Gasteiger partial charge in [0.1, 0.15) is 17.4 Å². The largest absolute Gasteiger partial charge is 0.451 e. The van der Waals surface area contributed by atoms with E-state index in [0.717, 1.165) is 12.1 Å². The molecule has 0 aliphatic carbocycles. The number of thiocarbonyl (C=S) groups is 1. The molecule has 3 rings (SSSR count). The number of carbonyl (C=O) groups excluding carboxylic acids is 1. The lowest BCUT2D eigenvalue weighted by Crippen LogP contribution is -2.34. The van der Waals surface area contributed by atoms with Gasteiger partial charge in [-0.15, -0.1) is 0 Å². The van der Waals surface area contributed by atoms with Gasteiger partial charge in [-0.2, -0.15) is 0 Å². The van der Waals surface area contributed by atoms with Crippen molar-refractivity contribution in [3.63, 3.8) is 0 Å². The average Bonchev–Trinajstić information content (AvgIpc) is 3.07. The number of halogens is 4. The number of anilines is 1. The van der Waals surface area contributed by atoms with Crippen LogP contribution in [-0.4, -0.2) is 11.0 Å². The van der Waals surface area contributed by atoms with Crippen molar-refractivity contribution in [1.29, 1.82) is 0 Å². The maximum Gasteiger partial charge on any atom is 0.293 e. The monoisotopic (exact) mass is 426 g/mol. The number of hydrogen-bond acceptors (Lipinski definition) is 3. The number of carbonyl (C=O) groups is 1. The van der Waals surface area contributed by atoms with E-state index in [4.69, 9.17) is 39.8 Å². The minimum atomic E-state index is -0.843. The molecule has 0 saturated carbocycles. The van der Waals surface area contributed by atoms with Gasteiger partial charge in [0.25, 0.3) is 5.91 Å². The Balaban J connectivity index is 1.69. The first-order valence-corrected chi connectivity index (χ1v) is 8.62. The number of furan rings is 1. The fourth-order valence-electron chi connectivity index (χ4n) is 2.20. The number of rotatable bonds is 3. The van der Waals surface area contributed by atoms with E-state index >= 15 is 0 Å². The second-order valence-electron chi connectivity index (χ2n) is 5.32. The smallest absolute Gasteiger partial charge is 0.293 e. The van der Waals surface area contributed by atoms with Crippen LogP contribution in [0.5, 0.6) is 0 Å². The lowest BCUT2D eigenvalue weighted by atomic mass is 10.2. The van der Waals surface area contributed by atoms with Crippen molar-refractivity contribution >= 4 is 52.1 Å². The third kappa shape index (κ3) is 4.63. The molecular formula is C18H10Cl2F2N2O2S. The maximum atomic E-state index is 13.6. The van der Waals surface area contributed by atoms with Crippen LogP contribution in [0.25, 0.3) is 11.3 Å². The van der Waals surface area contributed by atoms with E-state index in [-0.39, 0.29) is 16.6 Å². The van der Waals surface area contributed by atoms with Crippen molar-refractivity contribution < 1.29 is 18.0 Å². The Bertz CT molecular complexity index is 1040. The fourth-order valence-corrected chi connectivity index (χ4v) is 2.91. The van der Waals surface area contributed by atoms with Crippen LogP contribution in [0, 0.1) is 11.6 Å². The molecule has 0 fully saturated rings. The molecule has 0 spiro atoms. The number of hydrogen-bond donors (Lipinski definition) is 2. The summed E-state index contributed by atoms with van der Waals surface area (Å²) in [4.78, 5) is 12.2. The minimum Gasteiger partial charge on any atom is -0.451 e. The van der Waals surface area contributed by atoms with Gasteiger partial charge in [0.15, 0.2) is 10.9 Å². The zero-order chi connectivity index (χ0) is 19.6. The van der Waals surface area contributed by atoms with Crippen LogP contribution < -0.4 is 10.6 Å². The molecule has 0 saturated heterocycles. The third-order valence-corrected chi connectivity index (χ3v) is 4.18. The van der Waals surface area contributed by atoms with Crippen LogP contribution in [0.4, 0.5) is 14.5 Å². The molecule has 2 aromatic carbocycles. The lowest BCUT2D eigenvalue weighted by molar-refractivity contribution is 0.0951. The highest BCUT2D eigenvalue weighted by molar-refractivity contribution is 7.80. The van der Waals surface area contributed by atoms with Crippen molar-refractivity contribution in [3.05, 3.63) is 76.0 Å². The van der Waals surface area contributed by atoms with E-state index < -0.39 is 17.5 Å². The number of amides is 1. The normalized spacial score (nSPS) is 10.5. The van der Waals surface area contributed by atoms with Gasteiger partial charge in [-0.3, -0.25) is 10.1 Å². The summed E-state index contributed by atoms with van der Waals surface area (Å²) in [6.07, 6.45) is 0. The van der Waals surface area contributed by atoms with E-state index in [1.165, 1.54) is 6.07 Å². The molecule has 1 aromatic heterocycles. The zero-order valence-corrected chi connectivity index (χ0v) is 15.7. The maximum absolute atomic E-state index is 13.6. The highest BCUT2D eigenvalue weighted by Gasteiger charge is 2.16. The Morgan fingerprint density at radius 2 is 1.81 bits per heavy atom. The molecule has 1 heterocycles. The zero-order valence-electron chi connectivity index (χ0n) is 13.4. The van der Waals surface area contributed by atoms with Gasteiger partial charge in [0.05, 0.1) is 10.7 Å². The van der Waals surface area contributed by atoms with Crippen molar-refractivity contribution in [3.8, 4) is 11.3 Å². The van der Waals surface area contributed by atoms with E-state index in [0.29, 0.717) is 27.4 Å². The second kappa shape index (κ2) is 8.04. The summed E-state index contributed by atoms with van der Waals surface area (Å²) in [5.74, 6) is -1.88. The topological polar surface area (TPSA) is 54.3 Å². The molecule has 0 atom stereocenters. The van der Waals surface area contributed by atoms with Crippen molar-refractivity contribution in [2.45, 2.75) is 0 Å². The predicted octanol–water partition coefficient (Wildman–Crippen LogP) is 5.66. The number of benzene rings is 2. The summed E-state index contributed by atoms with van der Waals surface area (Å²) >= 11 is 16.9. The Morgan fingerprint density at radius 3 is 2.52 bits per heavy atom. The first kappa shape index (κ1) is 19.3. The van der Waals surface area contributed by atoms with Gasteiger partial charge in [-0.25, -0.2) is 8.78 Å². The minimum absolute atomic E-state index is 0.0280. The van der Waals surface area contributed by atoms with Gasteiger partial charge in [-0.05, 0) is 54.7 Å². The van der Waals surface area contributed by atoms with Crippen LogP contribution in [0.15, 0.2) is 52.9 Å². The first-order chi connectivity index (χ1) is 12.8. The van der Waals surface area contributed by atoms with E-state index in [9.17, 15) is 13.6 Å². The molecule has 3 aromatic rings. The summed E-state index contributed by atoms with van der Waals surface area (Å²) in [5, 5.41) is 5.49. The molecule has 0 radical (unpaired) electrons.